The summed E-state index contributed by atoms with van der Waals surface area (Å²) < 4.78 is 0. The molecule has 0 saturated carbocycles. The largest absolute Gasteiger partial charge is 0.357 e. The van der Waals surface area contributed by atoms with Gasteiger partial charge in [0.05, 0.1) is 5.69 Å². The van der Waals surface area contributed by atoms with Crippen LogP contribution in [0.4, 0.5) is 22.7 Å². The predicted molar refractivity (Wildman–Crippen MR) is 223 cm³/mol. The molecule has 1 unspecified atom stereocenters. The molecule has 2 nitrogen and oxygen atoms in total. The van der Waals surface area contributed by atoms with Gasteiger partial charge in [0.2, 0.25) is 0 Å². The number of hydrogen-bond donors (Lipinski definition) is 0. The molecule has 10 rings (SSSR count). The number of hydrogen-bond acceptors (Lipinski definition) is 3. The van der Waals surface area contributed by atoms with Crippen molar-refractivity contribution in [2.75, 3.05) is 16.8 Å². The van der Waals surface area contributed by atoms with Gasteiger partial charge in [-0.05, 0) is 97.6 Å². The number of rotatable bonds is 5. The summed E-state index contributed by atoms with van der Waals surface area (Å²) in [5.74, 6) is 0. The van der Waals surface area contributed by atoms with Crippen molar-refractivity contribution >= 4 is 56.1 Å². The molecule has 0 N–H and O–H groups in total. The van der Waals surface area contributed by atoms with Crippen molar-refractivity contribution < 1.29 is 0 Å². The van der Waals surface area contributed by atoms with Crippen molar-refractivity contribution in [3.8, 4) is 22.3 Å². The van der Waals surface area contributed by atoms with Crippen LogP contribution in [0.15, 0.2) is 175 Å². The van der Waals surface area contributed by atoms with Gasteiger partial charge in [0, 0.05) is 39.8 Å². The first-order chi connectivity index (χ1) is 25.5. The Labute approximate surface area is 310 Å². The second-order valence-corrected chi connectivity index (χ2v) is 15.7. The van der Waals surface area contributed by atoms with E-state index in [0.717, 1.165) is 17.1 Å². The number of anilines is 4. The summed E-state index contributed by atoms with van der Waals surface area (Å²) in [5, 5.41) is 5.37. The van der Waals surface area contributed by atoms with Crippen LogP contribution in [-0.4, -0.2) is 7.05 Å². The van der Waals surface area contributed by atoms with Crippen LogP contribution >= 0.6 is 11.8 Å². The molecule has 1 aliphatic heterocycles. The standard InChI is InChI=1S/C49H38N2S/c1-49(2)43-17-11-10-16-41(43)42-28-26-39(31-44(42)49)51(37-23-20-33(21-24-37)32-12-6-4-7-13-32)38-25-27-40-36(30-38)19-18-34-22-29-45-47(46(34)40)50(3)48(52-45)35-14-8-5-9-15-35/h4-31,48H,1-3H3. The maximum atomic E-state index is 2.47. The molecule has 250 valence electrons. The van der Waals surface area contributed by atoms with E-state index in [-0.39, 0.29) is 10.8 Å². The first-order valence-electron chi connectivity index (χ1n) is 18.1. The Kier molecular flexibility index (Phi) is 7.10. The fourth-order valence-corrected chi connectivity index (χ4v) is 9.93. The van der Waals surface area contributed by atoms with Crippen LogP contribution < -0.4 is 9.80 Å². The van der Waals surface area contributed by atoms with E-state index in [9.17, 15) is 0 Å². The lowest BCUT2D eigenvalue weighted by Crippen LogP contribution is -2.17. The highest BCUT2D eigenvalue weighted by Crippen LogP contribution is 2.55. The molecule has 0 saturated heterocycles. The van der Waals surface area contributed by atoms with Crippen LogP contribution in [0.1, 0.15) is 35.9 Å². The number of fused-ring (bicyclic) bond motifs is 8. The molecule has 0 amide bonds. The van der Waals surface area contributed by atoms with Gasteiger partial charge in [-0.2, -0.15) is 0 Å². The Hall–Kier alpha value is -5.77. The van der Waals surface area contributed by atoms with E-state index in [1.807, 2.05) is 11.8 Å². The van der Waals surface area contributed by atoms with Gasteiger partial charge in [-0.25, -0.2) is 0 Å². The average Bonchev–Trinajstić information content (AvgIpc) is 3.65. The third-order valence-electron chi connectivity index (χ3n) is 11.3. The van der Waals surface area contributed by atoms with Crippen LogP contribution in [0.3, 0.4) is 0 Å². The van der Waals surface area contributed by atoms with Crippen LogP contribution in [0.5, 0.6) is 0 Å². The molecule has 0 radical (unpaired) electrons. The van der Waals surface area contributed by atoms with Crippen LogP contribution in [0, 0.1) is 0 Å². The van der Waals surface area contributed by atoms with Gasteiger partial charge < -0.3 is 9.80 Å². The zero-order valence-electron chi connectivity index (χ0n) is 29.5. The monoisotopic (exact) mass is 686 g/mol. The van der Waals surface area contributed by atoms with E-state index in [1.165, 1.54) is 71.1 Å². The molecule has 1 aliphatic carbocycles. The minimum absolute atomic E-state index is 0.0882. The van der Waals surface area contributed by atoms with E-state index in [1.54, 1.807) is 0 Å². The van der Waals surface area contributed by atoms with Crippen LogP contribution in [0.25, 0.3) is 43.8 Å². The topological polar surface area (TPSA) is 6.48 Å². The molecule has 0 bridgehead atoms. The van der Waals surface area contributed by atoms with Gasteiger partial charge in [-0.1, -0.05) is 153 Å². The summed E-state index contributed by atoms with van der Waals surface area (Å²) in [4.78, 5) is 6.23. The SMILES string of the molecule is CN1c2c(ccc3ccc4cc(N(c5ccc(-c6ccccc6)cc5)c5ccc6c(c5)C(C)(C)c5ccccc5-6)ccc4c23)SC1c1ccccc1. The molecular weight excluding hydrogens is 649 g/mol. The highest BCUT2D eigenvalue weighted by molar-refractivity contribution is 8.00. The molecular formula is C49H38N2S. The van der Waals surface area contributed by atoms with Crippen molar-refractivity contribution in [2.24, 2.45) is 0 Å². The smallest absolute Gasteiger partial charge is 0.105 e. The molecule has 52 heavy (non-hydrogen) atoms. The van der Waals surface area contributed by atoms with E-state index < -0.39 is 0 Å². The summed E-state index contributed by atoms with van der Waals surface area (Å²) in [7, 11) is 2.25. The predicted octanol–water partition coefficient (Wildman–Crippen LogP) is 13.7. The summed E-state index contributed by atoms with van der Waals surface area (Å²) in [5.41, 5.74) is 13.9. The maximum Gasteiger partial charge on any atom is 0.105 e. The molecule has 3 heteroatoms. The molecule has 0 fully saturated rings. The first kappa shape index (κ1) is 31.0. The highest BCUT2D eigenvalue weighted by atomic mass is 32.2. The normalized spacial score (nSPS) is 15.4. The van der Waals surface area contributed by atoms with Gasteiger partial charge in [-0.3, -0.25) is 0 Å². The summed E-state index contributed by atoms with van der Waals surface area (Å²) in [6, 6.07) is 62.7. The summed E-state index contributed by atoms with van der Waals surface area (Å²) in [6.45, 7) is 4.72. The number of benzene rings is 8. The summed E-state index contributed by atoms with van der Waals surface area (Å²) >= 11 is 1.95. The average molecular weight is 687 g/mol. The molecule has 8 aromatic rings. The second-order valence-electron chi connectivity index (χ2n) is 14.6. The van der Waals surface area contributed by atoms with E-state index in [2.05, 4.69) is 201 Å². The van der Waals surface area contributed by atoms with Crippen molar-refractivity contribution in [1.29, 1.82) is 0 Å². The van der Waals surface area contributed by atoms with E-state index in [4.69, 9.17) is 0 Å². The van der Waals surface area contributed by atoms with E-state index >= 15 is 0 Å². The lowest BCUT2D eigenvalue weighted by atomic mass is 9.82. The molecule has 1 atom stereocenters. The maximum absolute atomic E-state index is 2.47. The third kappa shape index (κ3) is 4.80. The van der Waals surface area contributed by atoms with Crippen molar-refractivity contribution in [3.05, 3.63) is 187 Å². The fraction of sp³-hybridized carbons (Fsp3) is 0.102. The van der Waals surface area contributed by atoms with Gasteiger partial charge >= 0.3 is 0 Å². The van der Waals surface area contributed by atoms with E-state index in [0.29, 0.717) is 0 Å². The van der Waals surface area contributed by atoms with Gasteiger partial charge in [-0.15, -0.1) is 0 Å². The number of thioether (sulfide) groups is 1. The minimum atomic E-state index is -0.0882. The van der Waals surface area contributed by atoms with Crippen molar-refractivity contribution in [2.45, 2.75) is 29.5 Å². The van der Waals surface area contributed by atoms with Gasteiger partial charge in [0.15, 0.2) is 0 Å². The Balaban J connectivity index is 1.12. The molecule has 1 heterocycles. The number of nitrogens with zero attached hydrogens (tertiary/aromatic N) is 2. The zero-order chi connectivity index (χ0) is 35.0. The Bertz CT molecular complexity index is 2650. The molecule has 8 aromatic carbocycles. The molecule has 0 aromatic heterocycles. The minimum Gasteiger partial charge on any atom is -0.357 e. The van der Waals surface area contributed by atoms with Crippen LogP contribution in [0.2, 0.25) is 0 Å². The van der Waals surface area contributed by atoms with Crippen molar-refractivity contribution in [3.63, 3.8) is 0 Å². The van der Waals surface area contributed by atoms with Gasteiger partial charge in [0.25, 0.3) is 0 Å². The highest BCUT2D eigenvalue weighted by Gasteiger charge is 2.36. The summed E-state index contributed by atoms with van der Waals surface area (Å²) in [6.07, 6.45) is 0. The fourth-order valence-electron chi connectivity index (χ4n) is 8.63. The Morgan fingerprint density at radius 2 is 1.15 bits per heavy atom. The Morgan fingerprint density at radius 1 is 0.538 bits per heavy atom. The lowest BCUT2D eigenvalue weighted by Gasteiger charge is -2.28. The zero-order valence-corrected chi connectivity index (χ0v) is 30.4. The lowest BCUT2D eigenvalue weighted by molar-refractivity contribution is 0.660. The first-order valence-corrected chi connectivity index (χ1v) is 19.0. The Morgan fingerprint density at radius 3 is 1.96 bits per heavy atom. The van der Waals surface area contributed by atoms with Crippen molar-refractivity contribution in [1.82, 2.24) is 0 Å². The second kappa shape index (κ2) is 11.9. The third-order valence-corrected chi connectivity index (χ3v) is 12.7. The molecule has 2 aliphatic rings. The molecule has 0 spiro atoms. The van der Waals surface area contributed by atoms with Gasteiger partial charge in [0.1, 0.15) is 5.37 Å². The quantitative estimate of drug-likeness (QED) is 0.166. The van der Waals surface area contributed by atoms with Crippen LogP contribution in [-0.2, 0) is 5.41 Å².